The third-order valence-electron chi connectivity index (χ3n) is 4.00. The lowest BCUT2D eigenvalue weighted by Crippen LogP contribution is -2.28. The molecule has 0 spiro atoms. The van der Waals surface area contributed by atoms with E-state index in [1.54, 1.807) is 4.90 Å². The Hall–Kier alpha value is -2.40. The Morgan fingerprint density at radius 1 is 1.04 bits per heavy atom. The smallest absolute Gasteiger partial charge is 0.233 e. The molecule has 2 aromatic carbocycles. The van der Waals surface area contributed by atoms with E-state index in [0.29, 0.717) is 17.5 Å². The molecule has 25 heavy (non-hydrogen) atoms. The van der Waals surface area contributed by atoms with Crippen molar-refractivity contribution >= 4 is 28.4 Å². The molecule has 1 amide bonds. The Morgan fingerprint density at radius 3 is 2.48 bits per heavy atom. The van der Waals surface area contributed by atoms with Gasteiger partial charge in [0.05, 0.1) is 5.75 Å². The van der Waals surface area contributed by atoms with Crippen LogP contribution in [0, 0.1) is 13.8 Å². The van der Waals surface area contributed by atoms with Crippen LogP contribution in [0.5, 0.6) is 0 Å². The maximum absolute atomic E-state index is 12.5. The van der Waals surface area contributed by atoms with Crippen LogP contribution in [-0.4, -0.2) is 33.6 Å². The van der Waals surface area contributed by atoms with Gasteiger partial charge < -0.3 is 4.90 Å². The molecule has 0 fully saturated rings. The molecule has 0 N–H and O–H groups in total. The first-order chi connectivity index (χ1) is 12.0. The number of hydrogen-bond acceptors (Lipinski definition) is 4. The van der Waals surface area contributed by atoms with Gasteiger partial charge in [-0.05, 0) is 36.2 Å². The van der Waals surface area contributed by atoms with E-state index < -0.39 is 0 Å². The summed E-state index contributed by atoms with van der Waals surface area (Å²) < 4.78 is 0. The number of fused-ring (bicyclic) bond motifs is 1. The van der Waals surface area contributed by atoms with Crippen molar-refractivity contribution in [1.29, 1.82) is 0 Å². The maximum atomic E-state index is 12.5. The molecule has 0 radical (unpaired) electrons. The van der Waals surface area contributed by atoms with Crippen LogP contribution < -0.4 is 0 Å². The summed E-state index contributed by atoms with van der Waals surface area (Å²) in [7, 11) is 1.84. The van der Waals surface area contributed by atoms with Crippen molar-refractivity contribution in [3.8, 4) is 0 Å². The highest BCUT2D eigenvalue weighted by Crippen LogP contribution is 2.20. The first-order valence-corrected chi connectivity index (χ1v) is 9.17. The molecule has 0 saturated carbocycles. The summed E-state index contributed by atoms with van der Waals surface area (Å²) >= 11 is 1.39. The van der Waals surface area contributed by atoms with Gasteiger partial charge in [0.2, 0.25) is 5.91 Å². The van der Waals surface area contributed by atoms with Crippen LogP contribution >= 0.6 is 11.8 Å². The minimum atomic E-state index is 0.0701. The molecule has 3 aromatic rings. The van der Waals surface area contributed by atoms with E-state index in [0.717, 1.165) is 17.0 Å². The number of aromatic nitrogens is 2. The fourth-order valence-corrected chi connectivity index (χ4v) is 3.66. The molecule has 4 nitrogen and oxygen atoms in total. The van der Waals surface area contributed by atoms with E-state index >= 15 is 0 Å². The van der Waals surface area contributed by atoms with Gasteiger partial charge in [-0.2, -0.15) is 0 Å². The molecule has 5 heteroatoms. The van der Waals surface area contributed by atoms with E-state index in [1.165, 1.54) is 22.5 Å². The van der Waals surface area contributed by atoms with E-state index in [2.05, 4.69) is 34.2 Å². The van der Waals surface area contributed by atoms with Crippen molar-refractivity contribution in [2.75, 3.05) is 12.8 Å². The van der Waals surface area contributed by atoms with Crippen LogP contribution in [0.3, 0.4) is 0 Å². The molecule has 0 aliphatic rings. The number of nitrogens with zero attached hydrogens (tertiary/aromatic N) is 3. The van der Waals surface area contributed by atoms with Crippen molar-refractivity contribution in [1.82, 2.24) is 14.9 Å². The summed E-state index contributed by atoms with van der Waals surface area (Å²) in [6.45, 7) is 4.47. The predicted molar refractivity (Wildman–Crippen MR) is 103 cm³/mol. The summed E-state index contributed by atoms with van der Waals surface area (Å²) in [5, 5.41) is 3.04. The standard InChI is InChI=1S/C20H21N3OS/c1-14-11-15(2)22-20(21-14)25-13-19(24)23(3)12-17-9-6-8-16-7-4-5-10-18(16)17/h4-11H,12-13H2,1-3H3. The molecule has 0 saturated heterocycles. The molecule has 1 aromatic heterocycles. The van der Waals surface area contributed by atoms with Crippen molar-refractivity contribution in [2.45, 2.75) is 25.5 Å². The lowest BCUT2D eigenvalue weighted by molar-refractivity contribution is -0.127. The Balaban J connectivity index is 1.66. The zero-order chi connectivity index (χ0) is 17.8. The molecule has 0 aliphatic carbocycles. The highest BCUT2D eigenvalue weighted by atomic mass is 32.2. The molecule has 1 heterocycles. The zero-order valence-electron chi connectivity index (χ0n) is 14.7. The maximum Gasteiger partial charge on any atom is 0.233 e. The molecule has 0 atom stereocenters. The summed E-state index contributed by atoms with van der Waals surface area (Å²) in [6, 6.07) is 16.4. The molecule has 3 rings (SSSR count). The topological polar surface area (TPSA) is 46.1 Å². The van der Waals surface area contributed by atoms with Crippen LogP contribution in [0.4, 0.5) is 0 Å². The number of benzene rings is 2. The van der Waals surface area contributed by atoms with Gasteiger partial charge in [-0.15, -0.1) is 0 Å². The average molecular weight is 351 g/mol. The molecule has 0 aliphatic heterocycles. The van der Waals surface area contributed by atoms with Gasteiger partial charge in [-0.3, -0.25) is 4.79 Å². The van der Waals surface area contributed by atoms with Crippen LogP contribution in [0.25, 0.3) is 10.8 Å². The molecular weight excluding hydrogens is 330 g/mol. The second kappa shape index (κ2) is 7.66. The number of aryl methyl sites for hydroxylation is 2. The number of carbonyl (C=O) groups is 1. The Kier molecular flexibility index (Phi) is 5.34. The summed E-state index contributed by atoms with van der Waals surface area (Å²) in [5.74, 6) is 0.408. The van der Waals surface area contributed by atoms with Gasteiger partial charge in [0.1, 0.15) is 0 Å². The number of thioether (sulfide) groups is 1. The largest absolute Gasteiger partial charge is 0.341 e. The van der Waals surface area contributed by atoms with Gasteiger partial charge in [0, 0.05) is 25.0 Å². The highest BCUT2D eigenvalue weighted by Gasteiger charge is 2.12. The number of amides is 1. The van der Waals surface area contributed by atoms with E-state index in [-0.39, 0.29) is 5.91 Å². The Labute approximate surface area is 152 Å². The number of rotatable bonds is 5. The molecular formula is C20H21N3OS. The molecule has 0 unspecified atom stereocenters. The van der Waals surface area contributed by atoms with Gasteiger partial charge in [0.25, 0.3) is 0 Å². The monoisotopic (exact) mass is 351 g/mol. The fraction of sp³-hybridized carbons (Fsp3) is 0.250. The third-order valence-corrected chi connectivity index (χ3v) is 4.83. The van der Waals surface area contributed by atoms with Crippen LogP contribution in [0.2, 0.25) is 0 Å². The zero-order valence-corrected chi connectivity index (χ0v) is 15.5. The van der Waals surface area contributed by atoms with Crippen molar-refractivity contribution < 1.29 is 4.79 Å². The van der Waals surface area contributed by atoms with Crippen molar-refractivity contribution in [3.05, 3.63) is 65.5 Å². The Bertz CT molecular complexity index is 885. The van der Waals surface area contributed by atoms with Gasteiger partial charge >= 0.3 is 0 Å². The van der Waals surface area contributed by atoms with E-state index in [1.807, 2.05) is 45.2 Å². The fourth-order valence-electron chi connectivity index (χ4n) is 2.77. The summed E-state index contributed by atoms with van der Waals surface area (Å²) in [6.07, 6.45) is 0. The molecule has 0 bridgehead atoms. The normalized spacial score (nSPS) is 10.8. The van der Waals surface area contributed by atoms with Crippen molar-refractivity contribution in [3.63, 3.8) is 0 Å². The lowest BCUT2D eigenvalue weighted by Gasteiger charge is -2.18. The molecule has 128 valence electrons. The highest BCUT2D eigenvalue weighted by molar-refractivity contribution is 7.99. The van der Waals surface area contributed by atoms with E-state index in [4.69, 9.17) is 0 Å². The quantitative estimate of drug-likeness (QED) is 0.515. The minimum Gasteiger partial charge on any atom is -0.341 e. The van der Waals surface area contributed by atoms with E-state index in [9.17, 15) is 4.79 Å². The number of hydrogen-bond donors (Lipinski definition) is 0. The second-order valence-corrected chi connectivity index (χ2v) is 7.05. The Morgan fingerprint density at radius 2 is 1.72 bits per heavy atom. The first-order valence-electron chi connectivity index (χ1n) is 8.18. The van der Waals surface area contributed by atoms with Crippen LogP contribution in [-0.2, 0) is 11.3 Å². The predicted octanol–water partition coefficient (Wildman–Crippen LogP) is 4.00. The lowest BCUT2D eigenvalue weighted by atomic mass is 10.0. The third kappa shape index (κ3) is 4.37. The SMILES string of the molecule is Cc1cc(C)nc(SCC(=O)N(C)Cc2cccc3ccccc23)n1. The van der Waals surface area contributed by atoms with Gasteiger partial charge in [0.15, 0.2) is 5.16 Å². The summed E-state index contributed by atoms with van der Waals surface area (Å²) in [5.41, 5.74) is 3.00. The number of carbonyl (C=O) groups excluding carboxylic acids is 1. The van der Waals surface area contributed by atoms with Crippen LogP contribution in [0.1, 0.15) is 17.0 Å². The van der Waals surface area contributed by atoms with Crippen molar-refractivity contribution in [2.24, 2.45) is 0 Å². The summed E-state index contributed by atoms with van der Waals surface area (Å²) in [4.78, 5) is 23.0. The van der Waals surface area contributed by atoms with Gasteiger partial charge in [-0.25, -0.2) is 9.97 Å². The second-order valence-electron chi connectivity index (χ2n) is 6.11. The minimum absolute atomic E-state index is 0.0701. The van der Waals surface area contributed by atoms with Gasteiger partial charge in [-0.1, -0.05) is 54.2 Å². The average Bonchev–Trinajstić information content (AvgIpc) is 2.59. The first kappa shape index (κ1) is 17.4. The van der Waals surface area contributed by atoms with Crippen LogP contribution in [0.15, 0.2) is 53.7 Å².